The Hall–Kier alpha value is -1.76. The minimum absolute atomic E-state index is 0.186. The summed E-state index contributed by atoms with van der Waals surface area (Å²) >= 11 is 3.20. The van der Waals surface area contributed by atoms with Crippen molar-refractivity contribution < 1.29 is 9.90 Å². The average Bonchev–Trinajstić information content (AvgIpc) is 2.78. The molecule has 18 heavy (non-hydrogen) atoms. The van der Waals surface area contributed by atoms with Crippen LogP contribution in [0.1, 0.15) is 29.5 Å². The van der Waals surface area contributed by atoms with E-state index in [1.807, 2.05) is 6.92 Å². The van der Waals surface area contributed by atoms with Gasteiger partial charge in [-0.25, -0.2) is 4.79 Å². The monoisotopic (exact) mass is 310 g/mol. The summed E-state index contributed by atoms with van der Waals surface area (Å²) in [5.74, 6) is -0.273. The first-order valence-corrected chi connectivity index (χ1v) is 6.23. The predicted molar refractivity (Wildman–Crippen MR) is 67.8 cm³/mol. The third-order valence-corrected chi connectivity index (χ3v) is 3.12. The summed E-state index contributed by atoms with van der Waals surface area (Å²) in [6.45, 7) is 2.03. The molecule has 0 aliphatic heterocycles. The number of aryl methyl sites for hydroxylation is 1. The topological polar surface area (TPSA) is 80.9 Å². The van der Waals surface area contributed by atoms with Crippen LogP contribution >= 0.6 is 15.9 Å². The maximum absolute atomic E-state index is 11.1. The number of hydrogen-bond acceptors (Lipinski definition) is 4. The molecule has 1 aromatic carbocycles. The van der Waals surface area contributed by atoms with Crippen LogP contribution in [0.4, 0.5) is 0 Å². The number of aromatic carboxylic acids is 1. The maximum Gasteiger partial charge on any atom is 0.336 e. The number of carboxylic acid groups (broad SMARTS) is 1. The summed E-state index contributed by atoms with van der Waals surface area (Å²) < 4.78 is 2.09. The van der Waals surface area contributed by atoms with Gasteiger partial charge in [-0.3, -0.25) is 0 Å². The van der Waals surface area contributed by atoms with Crippen LogP contribution in [0.2, 0.25) is 0 Å². The number of rotatable bonds is 4. The molecule has 0 bridgehead atoms. The van der Waals surface area contributed by atoms with Gasteiger partial charge in [-0.15, -0.1) is 5.10 Å². The van der Waals surface area contributed by atoms with Crippen molar-refractivity contribution in [3.63, 3.8) is 0 Å². The van der Waals surface area contributed by atoms with E-state index in [4.69, 9.17) is 5.11 Å². The highest BCUT2D eigenvalue weighted by molar-refractivity contribution is 9.10. The zero-order chi connectivity index (χ0) is 13.1. The van der Waals surface area contributed by atoms with E-state index in [1.165, 1.54) is 0 Å². The van der Waals surface area contributed by atoms with Crippen molar-refractivity contribution in [1.82, 2.24) is 20.2 Å². The highest BCUT2D eigenvalue weighted by Crippen LogP contribution is 2.20. The zero-order valence-electron chi connectivity index (χ0n) is 9.67. The molecule has 0 atom stereocenters. The average molecular weight is 311 g/mol. The lowest BCUT2D eigenvalue weighted by molar-refractivity contribution is 0.0696. The van der Waals surface area contributed by atoms with Crippen LogP contribution in [0, 0.1) is 0 Å². The van der Waals surface area contributed by atoms with Gasteiger partial charge in [0.2, 0.25) is 0 Å². The number of halogens is 1. The van der Waals surface area contributed by atoms with E-state index in [0.717, 1.165) is 18.7 Å². The van der Waals surface area contributed by atoms with Crippen LogP contribution < -0.4 is 0 Å². The third-order valence-electron chi connectivity index (χ3n) is 2.43. The molecule has 94 valence electrons. The Balaban J connectivity index is 2.47. The molecule has 0 saturated heterocycles. The molecular weight excluding hydrogens is 300 g/mol. The summed E-state index contributed by atoms with van der Waals surface area (Å²) in [4.78, 5) is 11.1. The molecule has 2 aromatic rings. The van der Waals surface area contributed by atoms with Gasteiger partial charge in [0.15, 0.2) is 5.82 Å². The standard InChI is InChI=1S/C11H11BrN4O2/c1-2-3-10-13-14-15-16(10)7-4-5-9(12)8(6-7)11(17)18/h4-6H,2-3H2,1H3,(H,17,18). The molecule has 0 aliphatic carbocycles. The van der Waals surface area contributed by atoms with Crippen molar-refractivity contribution in [2.45, 2.75) is 19.8 Å². The molecule has 0 aliphatic rings. The summed E-state index contributed by atoms with van der Waals surface area (Å²) in [7, 11) is 0. The highest BCUT2D eigenvalue weighted by atomic mass is 79.9. The van der Waals surface area contributed by atoms with Crippen LogP contribution in [-0.2, 0) is 6.42 Å². The molecule has 0 spiro atoms. The molecule has 1 heterocycles. The molecule has 0 amide bonds. The van der Waals surface area contributed by atoms with E-state index in [2.05, 4.69) is 31.5 Å². The Morgan fingerprint density at radius 3 is 2.94 bits per heavy atom. The number of tetrazole rings is 1. The van der Waals surface area contributed by atoms with Crippen molar-refractivity contribution >= 4 is 21.9 Å². The van der Waals surface area contributed by atoms with Crippen LogP contribution in [-0.4, -0.2) is 31.3 Å². The van der Waals surface area contributed by atoms with Crippen molar-refractivity contribution in [3.8, 4) is 5.69 Å². The number of benzene rings is 1. The van der Waals surface area contributed by atoms with Gasteiger partial charge in [0.1, 0.15) is 0 Å². The summed E-state index contributed by atoms with van der Waals surface area (Å²) in [5.41, 5.74) is 0.828. The number of carbonyl (C=O) groups is 1. The van der Waals surface area contributed by atoms with Gasteiger partial charge < -0.3 is 5.11 Å². The molecule has 1 aromatic heterocycles. The second kappa shape index (κ2) is 5.26. The van der Waals surface area contributed by atoms with E-state index in [0.29, 0.717) is 10.2 Å². The van der Waals surface area contributed by atoms with Gasteiger partial charge >= 0.3 is 5.97 Å². The van der Waals surface area contributed by atoms with Crippen molar-refractivity contribution in [3.05, 3.63) is 34.1 Å². The Bertz CT molecular complexity index is 582. The van der Waals surface area contributed by atoms with Gasteiger partial charge in [0.05, 0.1) is 11.3 Å². The first-order chi connectivity index (χ1) is 8.63. The van der Waals surface area contributed by atoms with Crippen LogP contribution in [0.3, 0.4) is 0 Å². The second-order valence-electron chi connectivity index (χ2n) is 3.73. The Morgan fingerprint density at radius 2 is 2.28 bits per heavy atom. The van der Waals surface area contributed by atoms with Gasteiger partial charge in [-0.1, -0.05) is 6.92 Å². The Kier molecular flexibility index (Phi) is 3.71. The Labute approximate surface area is 112 Å². The molecule has 6 nitrogen and oxygen atoms in total. The second-order valence-corrected chi connectivity index (χ2v) is 4.58. The SMILES string of the molecule is CCCc1nnnn1-c1ccc(Br)c(C(=O)O)c1. The summed E-state index contributed by atoms with van der Waals surface area (Å²) in [6.07, 6.45) is 1.66. The largest absolute Gasteiger partial charge is 0.478 e. The fraction of sp³-hybridized carbons (Fsp3) is 0.273. The van der Waals surface area contributed by atoms with E-state index < -0.39 is 5.97 Å². The molecule has 0 radical (unpaired) electrons. The molecule has 1 N–H and O–H groups in total. The van der Waals surface area contributed by atoms with Crippen molar-refractivity contribution in [1.29, 1.82) is 0 Å². The number of aromatic nitrogens is 4. The quantitative estimate of drug-likeness (QED) is 0.935. The smallest absolute Gasteiger partial charge is 0.336 e. The van der Waals surface area contributed by atoms with Gasteiger partial charge in [0.25, 0.3) is 0 Å². The van der Waals surface area contributed by atoms with Gasteiger partial charge in [-0.05, 0) is 51.0 Å². The molecule has 0 saturated carbocycles. The minimum atomic E-state index is -0.992. The predicted octanol–water partition coefficient (Wildman–Crippen LogP) is 2.08. The molecular formula is C11H11BrN4O2. The van der Waals surface area contributed by atoms with E-state index >= 15 is 0 Å². The van der Waals surface area contributed by atoms with Crippen LogP contribution in [0.5, 0.6) is 0 Å². The zero-order valence-corrected chi connectivity index (χ0v) is 11.3. The maximum atomic E-state index is 11.1. The lowest BCUT2D eigenvalue weighted by atomic mass is 10.2. The Morgan fingerprint density at radius 1 is 1.50 bits per heavy atom. The molecule has 2 rings (SSSR count). The highest BCUT2D eigenvalue weighted by Gasteiger charge is 2.13. The first kappa shape index (κ1) is 12.7. The fourth-order valence-corrected chi connectivity index (χ4v) is 2.01. The molecule has 0 unspecified atom stereocenters. The first-order valence-electron chi connectivity index (χ1n) is 5.44. The third kappa shape index (κ3) is 2.40. The number of hydrogen-bond donors (Lipinski definition) is 1. The van der Waals surface area contributed by atoms with Crippen LogP contribution in [0.15, 0.2) is 22.7 Å². The number of carboxylic acids is 1. The minimum Gasteiger partial charge on any atom is -0.478 e. The van der Waals surface area contributed by atoms with E-state index in [1.54, 1.807) is 22.9 Å². The van der Waals surface area contributed by atoms with Crippen molar-refractivity contribution in [2.24, 2.45) is 0 Å². The lowest BCUT2D eigenvalue weighted by Crippen LogP contribution is -2.05. The molecule has 7 heteroatoms. The lowest BCUT2D eigenvalue weighted by Gasteiger charge is -2.06. The van der Waals surface area contributed by atoms with Crippen molar-refractivity contribution in [2.75, 3.05) is 0 Å². The van der Waals surface area contributed by atoms with Gasteiger partial charge in [0, 0.05) is 10.9 Å². The molecule has 0 fully saturated rings. The fourth-order valence-electron chi connectivity index (χ4n) is 1.59. The summed E-state index contributed by atoms with van der Waals surface area (Å²) in [6, 6.07) is 4.99. The summed E-state index contributed by atoms with van der Waals surface area (Å²) in [5, 5.41) is 20.5. The van der Waals surface area contributed by atoms with E-state index in [-0.39, 0.29) is 5.56 Å². The van der Waals surface area contributed by atoms with Gasteiger partial charge in [-0.2, -0.15) is 4.68 Å². The normalized spacial score (nSPS) is 10.6. The van der Waals surface area contributed by atoms with E-state index in [9.17, 15) is 4.79 Å². The number of nitrogens with zero attached hydrogens (tertiary/aromatic N) is 4. The van der Waals surface area contributed by atoms with Crippen LogP contribution in [0.25, 0.3) is 5.69 Å².